The number of rotatable bonds is 5. The molecule has 0 saturated heterocycles. The summed E-state index contributed by atoms with van der Waals surface area (Å²) >= 11 is 0. The number of nitrogens with one attached hydrogen (secondary N) is 1. The van der Waals surface area contributed by atoms with Crippen LogP contribution >= 0.6 is 0 Å². The standard InChI is InChI=1S/C15H18N2O2/c1-11(14-8-5-9-19-14)17-15(18)13(16)10-12-6-3-2-4-7-12/h2-9,11,13H,10,16H2,1H3,(H,17,18)/t11?,13-/m1/s1. The quantitative estimate of drug-likeness (QED) is 0.862. The highest BCUT2D eigenvalue weighted by Gasteiger charge is 2.18. The Hall–Kier alpha value is -2.07. The highest BCUT2D eigenvalue weighted by Crippen LogP contribution is 2.12. The van der Waals surface area contributed by atoms with Gasteiger partial charge in [-0.2, -0.15) is 0 Å². The number of carbonyl (C=O) groups is 1. The van der Waals surface area contributed by atoms with E-state index in [9.17, 15) is 4.79 Å². The minimum Gasteiger partial charge on any atom is -0.467 e. The Morgan fingerprint density at radius 3 is 2.63 bits per heavy atom. The summed E-state index contributed by atoms with van der Waals surface area (Å²) in [5, 5.41) is 2.84. The van der Waals surface area contributed by atoms with Gasteiger partial charge in [0, 0.05) is 0 Å². The van der Waals surface area contributed by atoms with Gasteiger partial charge in [0.25, 0.3) is 0 Å². The van der Waals surface area contributed by atoms with E-state index < -0.39 is 6.04 Å². The molecule has 1 aromatic carbocycles. The normalized spacial score (nSPS) is 13.8. The van der Waals surface area contributed by atoms with Gasteiger partial charge in [0.05, 0.1) is 18.3 Å². The topological polar surface area (TPSA) is 68.3 Å². The van der Waals surface area contributed by atoms with Crippen LogP contribution in [0.1, 0.15) is 24.3 Å². The first-order valence-electron chi connectivity index (χ1n) is 6.30. The molecule has 0 saturated carbocycles. The molecule has 0 radical (unpaired) electrons. The summed E-state index contributed by atoms with van der Waals surface area (Å²) in [6.07, 6.45) is 2.11. The lowest BCUT2D eigenvalue weighted by molar-refractivity contribution is -0.123. The molecule has 0 spiro atoms. The number of carbonyl (C=O) groups excluding carboxylic acids is 1. The van der Waals surface area contributed by atoms with Crippen LogP contribution in [-0.2, 0) is 11.2 Å². The van der Waals surface area contributed by atoms with Crippen molar-refractivity contribution in [2.24, 2.45) is 5.73 Å². The molecule has 2 aromatic rings. The van der Waals surface area contributed by atoms with Gasteiger partial charge < -0.3 is 15.5 Å². The lowest BCUT2D eigenvalue weighted by Crippen LogP contribution is -2.42. The van der Waals surface area contributed by atoms with Crippen molar-refractivity contribution in [3.63, 3.8) is 0 Å². The molecule has 2 rings (SSSR count). The molecule has 1 unspecified atom stereocenters. The van der Waals surface area contributed by atoms with Gasteiger partial charge in [-0.1, -0.05) is 30.3 Å². The summed E-state index contributed by atoms with van der Waals surface area (Å²) in [6, 6.07) is 12.6. The van der Waals surface area contributed by atoms with Gasteiger partial charge >= 0.3 is 0 Å². The van der Waals surface area contributed by atoms with Gasteiger partial charge in [0.15, 0.2) is 0 Å². The second kappa shape index (κ2) is 6.20. The highest BCUT2D eigenvalue weighted by atomic mass is 16.3. The lowest BCUT2D eigenvalue weighted by Gasteiger charge is -2.16. The first kappa shape index (κ1) is 13.4. The van der Waals surface area contributed by atoms with E-state index in [0.717, 1.165) is 11.3 Å². The molecule has 1 heterocycles. The van der Waals surface area contributed by atoms with E-state index in [2.05, 4.69) is 5.32 Å². The summed E-state index contributed by atoms with van der Waals surface area (Å²) < 4.78 is 5.24. The van der Waals surface area contributed by atoms with Gasteiger partial charge in [0.1, 0.15) is 5.76 Å². The number of hydrogen-bond acceptors (Lipinski definition) is 3. The second-order valence-corrected chi connectivity index (χ2v) is 4.54. The molecule has 19 heavy (non-hydrogen) atoms. The van der Waals surface area contributed by atoms with E-state index in [-0.39, 0.29) is 11.9 Å². The summed E-state index contributed by atoms with van der Waals surface area (Å²) in [5.41, 5.74) is 6.96. The zero-order chi connectivity index (χ0) is 13.7. The maximum atomic E-state index is 12.0. The van der Waals surface area contributed by atoms with Crippen molar-refractivity contribution in [2.75, 3.05) is 0 Å². The SMILES string of the molecule is CC(NC(=O)[C@H](N)Cc1ccccc1)c1ccco1. The fourth-order valence-electron chi connectivity index (χ4n) is 1.89. The van der Waals surface area contributed by atoms with Crippen molar-refractivity contribution >= 4 is 5.91 Å². The largest absolute Gasteiger partial charge is 0.467 e. The van der Waals surface area contributed by atoms with Crippen molar-refractivity contribution in [2.45, 2.75) is 25.4 Å². The maximum Gasteiger partial charge on any atom is 0.237 e. The van der Waals surface area contributed by atoms with Crippen molar-refractivity contribution in [3.8, 4) is 0 Å². The minimum atomic E-state index is -0.556. The molecular weight excluding hydrogens is 240 g/mol. The van der Waals surface area contributed by atoms with E-state index in [1.165, 1.54) is 0 Å². The molecule has 0 aliphatic rings. The van der Waals surface area contributed by atoms with E-state index in [0.29, 0.717) is 6.42 Å². The third kappa shape index (κ3) is 3.69. The Bertz CT molecular complexity index is 508. The van der Waals surface area contributed by atoms with Gasteiger partial charge in [-0.25, -0.2) is 0 Å². The van der Waals surface area contributed by atoms with Crippen LogP contribution in [0, 0.1) is 0 Å². The number of nitrogens with two attached hydrogens (primary N) is 1. The molecule has 1 amide bonds. The number of furan rings is 1. The summed E-state index contributed by atoms with van der Waals surface area (Å²) in [6.45, 7) is 1.87. The van der Waals surface area contributed by atoms with Crippen molar-refractivity contribution < 1.29 is 9.21 Å². The molecule has 1 aromatic heterocycles. The van der Waals surface area contributed by atoms with E-state index in [1.807, 2.05) is 43.3 Å². The van der Waals surface area contributed by atoms with Crippen LogP contribution in [0.2, 0.25) is 0 Å². The second-order valence-electron chi connectivity index (χ2n) is 4.54. The molecule has 100 valence electrons. The molecule has 0 aliphatic carbocycles. The Kier molecular flexibility index (Phi) is 4.36. The van der Waals surface area contributed by atoms with Crippen LogP contribution < -0.4 is 11.1 Å². The molecule has 2 atom stereocenters. The first-order chi connectivity index (χ1) is 9.16. The number of benzene rings is 1. The van der Waals surface area contributed by atoms with Gasteiger partial charge in [0.2, 0.25) is 5.91 Å². The van der Waals surface area contributed by atoms with E-state index >= 15 is 0 Å². The maximum absolute atomic E-state index is 12.0. The third-order valence-corrected chi connectivity index (χ3v) is 2.96. The summed E-state index contributed by atoms with van der Waals surface area (Å²) in [5.74, 6) is 0.549. The predicted molar refractivity (Wildman–Crippen MR) is 73.4 cm³/mol. The van der Waals surface area contributed by atoms with Crippen LogP contribution in [0.25, 0.3) is 0 Å². The first-order valence-corrected chi connectivity index (χ1v) is 6.30. The van der Waals surface area contributed by atoms with Crippen molar-refractivity contribution in [3.05, 3.63) is 60.1 Å². The zero-order valence-corrected chi connectivity index (χ0v) is 10.9. The predicted octanol–water partition coefficient (Wildman–Crippen LogP) is 2.03. The smallest absolute Gasteiger partial charge is 0.237 e. The molecule has 4 heteroatoms. The Morgan fingerprint density at radius 1 is 1.26 bits per heavy atom. The Morgan fingerprint density at radius 2 is 2.00 bits per heavy atom. The summed E-state index contributed by atoms with van der Waals surface area (Å²) in [4.78, 5) is 12.0. The number of amides is 1. The van der Waals surface area contributed by atoms with Gasteiger partial charge in [-0.05, 0) is 31.0 Å². The van der Waals surface area contributed by atoms with Crippen molar-refractivity contribution in [1.29, 1.82) is 0 Å². The molecule has 0 fully saturated rings. The third-order valence-electron chi connectivity index (χ3n) is 2.96. The highest BCUT2D eigenvalue weighted by molar-refractivity contribution is 5.82. The molecular formula is C15H18N2O2. The minimum absolute atomic E-state index is 0.173. The number of hydrogen-bond donors (Lipinski definition) is 2. The summed E-state index contributed by atoms with van der Waals surface area (Å²) in [7, 11) is 0. The average molecular weight is 258 g/mol. The van der Waals surface area contributed by atoms with Crippen LogP contribution in [0.5, 0.6) is 0 Å². The average Bonchev–Trinajstić information content (AvgIpc) is 2.93. The van der Waals surface area contributed by atoms with Crippen LogP contribution in [-0.4, -0.2) is 11.9 Å². The Balaban J connectivity index is 1.89. The fraction of sp³-hybridized carbons (Fsp3) is 0.267. The van der Waals surface area contributed by atoms with Crippen LogP contribution in [0.15, 0.2) is 53.1 Å². The molecule has 0 aliphatic heterocycles. The van der Waals surface area contributed by atoms with E-state index in [4.69, 9.17) is 10.2 Å². The van der Waals surface area contributed by atoms with Gasteiger partial charge in [-0.15, -0.1) is 0 Å². The zero-order valence-electron chi connectivity index (χ0n) is 10.9. The van der Waals surface area contributed by atoms with Crippen LogP contribution in [0.3, 0.4) is 0 Å². The molecule has 4 nitrogen and oxygen atoms in total. The molecule has 3 N–H and O–H groups in total. The van der Waals surface area contributed by atoms with E-state index in [1.54, 1.807) is 12.3 Å². The van der Waals surface area contributed by atoms with Gasteiger partial charge in [-0.3, -0.25) is 4.79 Å². The van der Waals surface area contributed by atoms with Crippen molar-refractivity contribution in [1.82, 2.24) is 5.32 Å². The van der Waals surface area contributed by atoms with Crippen LogP contribution in [0.4, 0.5) is 0 Å². The molecule has 0 bridgehead atoms. The Labute approximate surface area is 112 Å². The monoisotopic (exact) mass is 258 g/mol. The lowest BCUT2D eigenvalue weighted by atomic mass is 10.1. The fourth-order valence-corrected chi connectivity index (χ4v) is 1.89.